The van der Waals surface area contributed by atoms with Crippen LogP contribution in [0.2, 0.25) is 5.02 Å². The van der Waals surface area contributed by atoms with Crippen LogP contribution in [0.5, 0.6) is 0 Å². The van der Waals surface area contributed by atoms with Crippen LogP contribution in [-0.4, -0.2) is 11.1 Å². The molecule has 1 heterocycles. The van der Waals surface area contributed by atoms with Gasteiger partial charge in [0.2, 0.25) is 5.76 Å². The standard InChI is InChI=1S/C11H6ClFO3/c12-6-1-2-7(8(13)5-6)9-3-4-10(16-9)11(14)15/h1-5H,(H,14,15). The van der Waals surface area contributed by atoms with Crippen molar-refractivity contribution in [2.45, 2.75) is 0 Å². The molecule has 0 spiro atoms. The molecule has 0 aliphatic rings. The van der Waals surface area contributed by atoms with E-state index in [0.717, 1.165) is 6.07 Å². The molecule has 0 atom stereocenters. The van der Waals surface area contributed by atoms with E-state index in [-0.39, 0.29) is 22.1 Å². The van der Waals surface area contributed by atoms with Crippen LogP contribution in [0.3, 0.4) is 0 Å². The first-order chi connectivity index (χ1) is 7.58. The minimum absolute atomic E-state index is 0.159. The van der Waals surface area contributed by atoms with Crippen LogP contribution >= 0.6 is 11.6 Å². The number of halogens is 2. The average molecular weight is 241 g/mol. The minimum Gasteiger partial charge on any atom is -0.475 e. The number of hydrogen-bond acceptors (Lipinski definition) is 2. The molecule has 82 valence electrons. The van der Waals surface area contributed by atoms with E-state index in [4.69, 9.17) is 21.1 Å². The van der Waals surface area contributed by atoms with Crippen molar-refractivity contribution in [2.24, 2.45) is 0 Å². The molecule has 3 nitrogen and oxygen atoms in total. The van der Waals surface area contributed by atoms with Crippen molar-refractivity contribution in [1.82, 2.24) is 0 Å². The summed E-state index contributed by atoms with van der Waals surface area (Å²) < 4.78 is 18.4. The van der Waals surface area contributed by atoms with Crippen molar-refractivity contribution in [1.29, 1.82) is 0 Å². The molecule has 1 N–H and O–H groups in total. The Kier molecular flexibility index (Phi) is 2.66. The number of benzene rings is 1. The highest BCUT2D eigenvalue weighted by molar-refractivity contribution is 6.30. The third-order valence-electron chi connectivity index (χ3n) is 2.01. The first-order valence-corrected chi connectivity index (χ1v) is 4.74. The second-order valence-electron chi connectivity index (χ2n) is 3.09. The first-order valence-electron chi connectivity index (χ1n) is 4.36. The van der Waals surface area contributed by atoms with E-state index in [0.29, 0.717) is 0 Å². The predicted molar refractivity (Wildman–Crippen MR) is 56.1 cm³/mol. The Labute approximate surface area is 95.1 Å². The minimum atomic E-state index is -1.19. The molecular weight excluding hydrogens is 235 g/mol. The maximum atomic E-state index is 13.5. The van der Waals surface area contributed by atoms with Crippen molar-refractivity contribution >= 4 is 17.6 Å². The molecule has 1 aromatic heterocycles. The number of carbonyl (C=O) groups is 1. The zero-order valence-corrected chi connectivity index (χ0v) is 8.66. The molecule has 5 heteroatoms. The van der Waals surface area contributed by atoms with E-state index < -0.39 is 11.8 Å². The molecule has 0 radical (unpaired) electrons. The average Bonchev–Trinajstić information content (AvgIpc) is 2.66. The quantitative estimate of drug-likeness (QED) is 0.875. The van der Waals surface area contributed by atoms with E-state index in [2.05, 4.69) is 0 Å². The Morgan fingerprint density at radius 2 is 2.06 bits per heavy atom. The summed E-state index contributed by atoms with van der Waals surface area (Å²) in [7, 11) is 0. The second-order valence-corrected chi connectivity index (χ2v) is 3.53. The Morgan fingerprint density at radius 1 is 1.31 bits per heavy atom. The lowest BCUT2D eigenvalue weighted by Crippen LogP contribution is -1.91. The molecule has 1 aromatic carbocycles. The molecule has 0 unspecified atom stereocenters. The fourth-order valence-electron chi connectivity index (χ4n) is 1.29. The van der Waals surface area contributed by atoms with Gasteiger partial charge in [-0.05, 0) is 30.3 Å². The van der Waals surface area contributed by atoms with Gasteiger partial charge in [0.05, 0.1) is 5.56 Å². The molecule has 16 heavy (non-hydrogen) atoms. The number of carboxylic acids is 1. The predicted octanol–water partition coefficient (Wildman–Crippen LogP) is 3.44. The fourth-order valence-corrected chi connectivity index (χ4v) is 1.45. The van der Waals surface area contributed by atoms with E-state index in [1.54, 1.807) is 0 Å². The molecule has 0 bridgehead atoms. The fraction of sp³-hybridized carbons (Fsp3) is 0. The largest absolute Gasteiger partial charge is 0.475 e. The molecule has 2 rings (SSSR count). The zero-order chi connectivity index (χ0) is 11.7. The molecule has 0 amide bonds. The van der Waals surface area contributed by atoms with Gasteiger partial charge in [-0.2, -0.15) is 0 Å². The Bertz CT molecular complexity index is 548. The van der Waals surface area contributed by atoms with E-state index in [9.17, 15) is 9.18 Å². The topological polar surface area (TPSA) is 50.4 Å². The lowest BCUT2D eigenvalue weighted by molar-refractivity contribution is 0.0663. The van der Waals surface area contributed by atoms with Crippen molar-refractivity contribution in [3.05, 3.63) is 46.9 Å². The molecule has 0 aliphatic carbocycles. The summed E-state index contributed by atoms with van der Waals surface area (Å²) in [6, 6.07) is 6.74. The summed E-state index contributed by atoms with van der Waals surface area (Å²) in [6.45, 7) is 0. The van der Waals surface area contributed by atoms with Crippen molar-refractivity contribution in [3.8, 4) is 11.3 Å². The molecule has 0 saturated heterocycles. The van der Waals surface area contributed by atoms with Crippen molar-refractivity contribution in [2.75, 3.05) is 0 Å². The maximum absolute atomic E-state index is 13.5. The van der Waals surface area contributed by atoms with E-state index in [1.807, 2.05) is 0 Å². The highest BCUT2D eigenvalue weighted by atomic mass is 35.5. The van der Waals surface area contributed by atoms with Gasteiger partial charge in [-0.3, -0.25) is 0 Å². The van der Waals surface area contributed by atoms with Crippen molar-refractivity contribution in [3.63, 3.8) is 0 Å². The Hall–Kier alpha value is -1.81. The lowest BCUT2D eigenvalue weighted by atomic mass is 10.1. The van der Waals surface area contributed by atoms with E-state index >= 15 is 0 Å². The van der Waals surface area contributed by atoms with Crippen LogP contribution in [-0.2, 0) is 0 Å². The SMILES string of the molecule is O=C(O)c1ccc(-c2ccc(Cl)cc2F)o1. The van der Waals surface area contributed by atoms with Gasteiger partial charge in [0.15, 0.2) is 0 Å². The summed E-state index contributed by atoms with van der Waals surface area (Å²) in [6.07, 6.45) is 0. The van der Waals surface area contributed by atoms with Gasteiger partial charge in [0.25, 0.3) is 0 Å². The van der Waals surface area contributed by atoms with Crippen LogP contribution in [0.25, 0.3) is 11.3 Å². The van der Waals surface area contributed by atoms with Crippen LogP contribution < -0.4 is 0 Å². The number of aromatic carboxylic acids is 1. The first kappa shape index (κ1) is 10.7. The Morgan fingerprint density at radius 3 is 2.62 bits per heavy atom. The monoisotopic (exact) mass is 240 g/mol. The summed E-state index contributed by atoms with van der Waals surface area (Å²) in [5.41, 5.74) is 0.178. The summed E-state index contributed by atoms with van der Waals surface area (Å²) in [5, 5.41) is 8.92. The van der Waals surface area contributed by atoms with Gasteiger partial charge in [-0.1, -0.05) is 11.6 Å². The smallest absolute Gasteiger partial charge is 0.371 e. The molecule has 0 saturated carbocycles. The van der Waals surface area contributed by atoms with Crippen LogP contribution in [0.1, 0.15) is 10.6 Å². The molecule has 2 aromatic rings. The summed E-state index contributed by atoms with van der Waals surface area (Å²) >= 11 is 5.60. The van der Waals surface area contributed by atoms with Gasteiger partial charge in [-0.25, -0.2) is 9.18 Å². The number of rotatable bonds is 2. The Balaban J connectivity index is 2.46. The molecular formula is C11H6ClFO3. The highest BCUT2D eigenvalue weighted by Crippen LogP contribution is 2.26. The van der Waals surface area contributed by atoms with Crippen molar-refractivity contribution < 1.29 is 18.7 Å². The van der Waals surface area contributed by atoms with E-state index in [1.165, 1.54) is 24.3 Å². The maximum Gasteiger partial charge on any atom is 0.371 e. The van der Waals surface area contributed by atoms with Crippen LogP contribution in [0.4, 0.5) is 4.39 Å². The molecule has 0 aliphatic heterocycles. The van der Waals surface area contributed by atoms with Gasteiger partial charge >= 0.3 is 5.97 Å². The normalized spacial score (nSPS) is 10.4. The van der Waals surface area contributed by atoms with Crippen LogP contribution in [0.15, 0.2) is 34.7 Å². The highest BCUT2D eigenvalue weighted by Gasteiger charge is 2.13. The number of carboxylic acid groups (broad SMARTS) is 1. The second kappa shape index (κ2) is 3.98. The number of hydrogen-bond donors (Lipinski definition) is 1. The van der Waals surface area contributed by atoms with Crippen LogP contribution in [0, 0.1) is 5.82 Å². The third-order valence-corrected chi connectivity index (χ3v) is 2.25. The summed E-state index contributed by atoms with van der Waals surface area (Å²) in [4.78, 5) is 10.6. The zero-order valence-electron chi connectivity index (χ0n) is 7.91. The van der Waals surface area contributed by atoms with Gasteiger partial charge in [0, 0.05) is 5.02 Å². The van der Waals surface area contributed by atoms with Gasteiger partial charge < -0.3 is 9.52 Å². The molecule has 0 fully saturated rings. The van der Waals surface area contributed by atoms with Gasteiger partial charge in [-0.15, -0.1) is 0 Å². The third kappa shape index (κ3) is 1.92. The lowest BCUT2D eigenvalue weighted by Gasteiger charge is -1.99. The summed E-state index contributed by atoms with van der Waals surface area (Å²) in [5.74, 6) is -1.82. The van der Waals surface area contributed by atoms with Gasteiger partial charge in [0.1, 0.15) is 11.6 Å². The number of furan rings is 1.